The lowest BCUT2D eigenvalue weighted by molar-refractivity contribution is 0.356. The Labute approximate surface area is 279 Å². The van der Waals surface area contributed by atoms with Crippen molar-refractivity contribution in [2.24, 2.45) is 0 Å². The van der Waals surface area contributed by atoms with Crippen molar-refractivity contribution in [2.75, 3.05) is 39.1 Å². The minimum absolute atomic E-state index is 0.122. The van der Waals surface area contributed by atoms with E-state index >= 15 is 0 Å². The van der Waals surface area contributed by atoms with Gasteiger partial charge in [-0.2, -0.15) is 0 Å². The fourth-order valence-corrected chi connectivity index (χ4v) is 5.94. The Morgan fingerprint density at radius 1 is 0.574 bits per heavy atom. The van der Waals surface area contributed by atoms with E-state index in [-0.39, 0.29) is 12.1 Å². The molecule has 0 amide bonds. The summed E-state index contributed by atoms with van der Waals surface area (Å²) in [6.45, 7) is 8.00. The van der Waals surface area contributed by atoms with Gasteiger partial charge in [-0.15, -0.1) is 11.3 Å². The van der Waals surface area contributed by atoms with Crippen molar-refractivity contribution in [1.29, 1.82) is 0 Å². The molecule has 0 aliphatic rings. The normalized spacial score (nSPS) is 12.1. The molecular weight excluding hydrogens is 613 g/mol. The second-order valence-corrected chi connectivity index (χ2v) is 11.8. The second-order valence-electron chi connectivity index (χ2n) is 10.8. The molecule has 10 nitrogen and oxygen atoms in total. The van der Waals surface area contributed by atoms with Crippen molar-refractivity contribution >= 4 is 44.8 Å². The highest BCUT2D eigenvalue weighted by molar-refractivity contribution is 7.10. The zero-order valence-corrected chi connectivity index (χ0v) is 28.7. The van der Waals surface area contributed by atoms with Crippen LogP contribution in [-0.4, -0.2) is 48.4 Å². The third kappa shape index (κ3) is 7.63. The van der Waals surface area contributed by atoms with E-state index in [9.17, 15) is 0 Å². The molecule has 2 unspecified atom stereocenters. The number of aryl methyl sites for hydroxylation is 2. The minimum Gasteiger partial charge on any atom is -0.493 e. The maximum Gasteiger partial charge on any atom is 0.162 e. The molecule has 244 valence electrons. The minimum atomic E-state index is 0.122. The molecule has 3 aromatic carbocycles. The Morgan fingerprint density at radius 2 is 1.04 bits per heavy atom. The van der Waals surface area contributed by atoms with E-state index in [0.717, 1.165) is 33.4 Å². The lowest BCUT2D eigenvalue weighted by Gasteiger charge is -2.17. The third-order valence-electron chi connectivity index (χ3n) is 7.60. The van der Waals surface area contributed by atoms with Gasteiger partial charge in [-0.1, -0.05) is 36.4 Å². The summed E-state index contributed by atoms with van der Waals surface area (Å²) in [4.78, 5) is 19.4. The number of hydrogen-bond acceptors (Lipinski definition) is 11. The zero-order chi connectivity index (χ0) is 33.5. The van der Waals surface area contributed by atoms with Crippen LogP contribution in [0.1, 0.15) is 48.0 Å². The van der Waals surface area contributed by atoms with E-state index < -0.39 is 0 Å². The Hall–Kier alpha value is -5.16. The molecule has 0 radical (unpaired) electrons. The topological polar surface area (TPSA) is 113 Å². The maximum absolute atomic E-state index is 5.41. The molecular formula is C36H40N6O4S. The predicted molar refractivity (Wildman–Crippen MR) is 190 cm³/mol. The van der Waals surface area contributed by atoms with Crippen molar-refractivity contribution in [3.8, 4) is 23.0 Å². The molecule has 3 aromatic heterocycles. The van der Waals surface area contributed by atoms with E-state index in [1.807, 2.05) is 56.3 Å². The second kappa shape index (κ2) is 15.0. The van der Waals surface area contributed by atoms with E-state index in [1.54, 1.807) is 39.8 Å². The van der Waals surface area contributed by atoms with Crippen molar-refractivity contribution < 1.29 is 18.9 Å². The first-order valence-electron chi connectivity index (χ1n) is 15.2. The summed E-state index contributed by atoms with van der Waals surface area (Å²) in [5.74, 6) is 5.65. The van der Waals surface area contributed by atoms with Gasteiger partial charge in [0.15, 0.2) is 23.0 Å². The van der Waals surface area contributed by atoms with Crippen LogP contribution < -0.4 is 29.6 Å². The Morgan fingerprint density at radius 3 is 1.49 bits per heavy atom. The van der Waals surface area contributed by atoms with Crippen LogP contribution in [0.4, 0.5) is 11.6 Å². The third-order valence-corrected chi connectivity index (χ3v) is 8.66. The van der Waals surface area contributed by atoms with Gasteiger partial charge in [-0.05, 0) is 56.8 Å². The van der Waals surface area contributed by atoms with Gasteiger partial charge >= 0.3 is 0 Å². The highest BCUT2D eigenvalue weighted by Crippen LogP contribution is 2.36. The van der Waals surface area contributed by atoms with Crippen LogP contribution in [0.2, 0.25) is 0 Å². The standard InChI is InChI=1S/C19H21N3O2.C17H19N3O2S/c1-12(14-8-6-5-7-9-14)20-19-15-10-17(23-3)18(24-4)11-16(15)21-13(2)22-19;1-10(16-6-5-7-23-16)18-17-12-8-14(21-3)15(22-4)9-13(12)19-11(2)20-17/h5-12H,1-4H3,(H,20,21,22);5-10H,1-4H3,(H,18,19,20). The molecule has 6 rings (SSSR count). The Kier molecular flexibility index (Phi) is 10.6. The number of anilines is 2. The van der Waals surface area contributed by atoms with Crippen molar-refractivity contribution in [1.82, 2.24) is 19.9 Å². The van der Waals surface area contributed by atoms with Gasteiger partial charge in [0.25, 0.3) is 0 Å². The number of nitrogens with zero attached hydrogens (tertiary/aromatic N) is 4. The van der Waals surface area contributed by atoms with E-state index in [2.05, 4.69) is 74.1 Å². The van der Waals surface area contributed by atoms with Gasteiger partial charge in [0.2, 0.25) is 0 Å². The number of methoxy groups -OCH3 is 4. The van der Waals surface area contributed by atoms with Gasteiger partial charge in [0.1, 0.15) is 23.3 Å². The lowest BCUT2D eigenvalue weighted by atomic mass is 10.1. The number of nitrogens with one attached hydrogen (secondary N) is 2. The van der Waals surface area contributed by atoms with Crippen LogP contribution in [0.15, 0.2) is 72.1 Å². The number of benzene rings is 3. The molecule has 0 fully saturated rings. The molecule has 0 saturated carbocycles. The Bertz CT molecular complexity index is 1950. The fourth-order valence-electron chi connectivity index (χ4n) is 5.21. The van der Waals surface area contributed by atoms with Gasteiger partial charge in [0.05, 0.1) is 45.5 Å². The van der Waals surface area contributed by atoms with Crippen LogP contribution in [0.25, 0.3) is 21.8 Å². The van der Waals surface area contributed by atoms with Gasteiger partial charge in [0, 0.05) is 33.8 Å². The van der Waals surface area contributed by atoms with Crippen LogP contribution in [-0.2, 0) is 0 Å². The zero-order valence-electron chi connectivity index (χ0n) is 27.9. The monoisotopic (exact) mass is 652 g/mol. The van der Waals surface area contributed by atoms with Crippen molar-refractivity contribution in [2.45, 2.75) is 39.8 Å². The van der Waals surface area contributed by atoms with Crippen LogP contribution in [0, 0.1) is 13.8 Å². The predicted octanol–water partition coefficient (Wildman–Crippen LogP) is 8.32. The Balaban J connectivity index is 0.000000185. The van der Waals surface area contributed by atoms with E-state index in [0.29, 0.717) is 34.6 Å². The van der Waals surface area contributed by atoms with Crippen molar-refractivity contribution in [3.63, 3.8) is 0 Å². The summed E-state index contributed by atoms with van der Waals surface area (Å²) in [6.07, 6.45) is 0. The van der Waals surface area contributed by atoms with Crippen LogP contribution in [0.3, 0.4) is 0 Å². The number of rotatable bonds is 10. The van der Waals surface area contributed by atoms with Gasteiger partial charge in [-0.25, -0.2) is 19.9 Å². The van der Waals surface area contributed by atoms with E-state index in [4.69, 9.17) is 18.9 Å². The molecule has 0 saturated heterocycles. The molecule has 0 aliphatic heterocycles. The maximum atomic E-state index is 5.41. The molecule has 0 bridgehead atoms. The fraction of sp³-hybridized carbons (Fsp3) is 0.278. The average Bonchev–Trinajstić information content (AvgIpc) is 3.63. The highest BCUT2D eigenvalue weighted by atomic mass is 32.1. The summed E-state index contributed by atoms with van der Waals surface area (Å²) < 4.78 is 21.5. The lowest BCUT2D eigenvalue weighted by Crippen LogP contribution is -2.09. The van der Waals surface area contributed by atoms with Crippen LogP contribution in [0.5, 0.6) is 23.0 Å². The van der Waals surface area contributed by atoms with Crippen molar-refractivity contribution in [3.05, 3.63) is 94.2 Å². The summed E-state index contributed by atoms with van der Waals surface area (Å²) >= 11 is 1.72. The first-order chi connectivity index (χ1) is 22.7. The molecule has 0 spiro atoms. The molecule has 2 N–H and O–H groups in total. The molecule has 47 heavy (non-hydrogen) atoms. The first kappa shape index (κ1) is 33.2. The van der Waals surface area contributed by atoms with Gasteiger partial charge < -0.3 is 29.6 Å². The molecule has 2 atom stereocenters. The smallest absolute Gasteiger partial charge is 0.162 e. The summed E-state index contributed by atoms with van der Waals surface area (Å²) in [6, 6.07) is 22.3. The molecule has 3 heterocycles. The average molecular weight is 653 g/mol. The highest BCUT2D eigenvalue weighted by Gasteiger charge is 2.16. The summed E-state index contributed by atoms with van der Waals surface area (Å²) in [5, 5.41) is 10.9. The van der Waals surface area contributed by atoms with Crippen LogP contribution >= 0.6 is 11.3 Å². The quantitative estimate of drug-likeness (QED) is 0.150. The summed E-state index contributed by atoms with van der Waals surface area (Å²) in [7, 11) is 6.49. The number of aromatic nitrogens is 4. The molecule has 6 aromatic rings. The molecule has 11 heteroatoms. The number of hydrogen-bond donors (Lipinski definition) is 2. The number of thiophene rings is 1. The SMILES string of the molecule is COc1cc2nc(C)nc(NC(C)c3ccccc3)c2cc1OC.COc1cc2nc(C)nc(NC(C)c3cccs3)c2cc1OC. The molecule has 0 aliphatic carbocycles. The number of ether oxygens (including phenoxy) is 4. The van der Waals surface area contributed by atoms with E-state index in [1.165, 1.54) is 10.4 Å². The summed E-state index contributed by atoms with van der Waals surface area (Å²) in [5.41, 5.74) is 2.85. The first-order valence-corrected chi connectivity index (χ1v) is 16.0. The van der Waals surface area contributed by atoms with Gasteiger partial charge in [-0.3, -0.25) is 0 Å². The number of fused-ring (bicyclic) bond motifs is 2. The largest absolute Gasteiger partial charge is 0.493 e.